The molecule has 1 saturated heterocycles. The Balaban J connectivity index is 2.76. The summed E-state index contributed by atoms with van der Waals surface area (Å²) >= 11 is 0. The molecule has 0 aromatic rings. The maximum atomic E-state index is 12.9. The van der Waals surface area contributed by atoms with Crippen LogP contribution in [-0.4, -0.2) is 65.0 Å². The first-order chi connectivity index (χ1) is 15.6. The first-order valence-corrected chi connectivity index (χ1v) is 11.2. The van der Waals surface area contributed by atoms with E-state index >= 15 is 0 Å². The number of rotatable bonds is 10. The van der Waals surface area contributed by atoms with E-state index in [1.54, 1.807) is 34.6 Å². The third-order valence-corrected chi connectivity index (χ3v) is 4.57. The molecule has 1 aliphatic heterocycles. The van der Waals surface area contributed by atoms with Crippen molar-refractivity contribution in [1.82, 2.24) is 21.0 Å². The molecule has 5 amide bonds. The molecule has 1 aliphatic rings. The maximum absolute atomic E-state index is 12.9. The van der Waals surface area contributed by atoms with Crippen molar-refractivity contribution < 1.29 is 38.3 Å². The second-order valence-corrected chi connectivity index (χ2v) is 9.82. The Bertz CT molecular complexity index is 787. The fourth-order valence-electron chi connectivity index (χ4n) is 3.01. The summed E-state index contributed by atoms with van der Waals surface area (Å²) in [7, 11) is 0. The second kappa shape index (κ2) is 12.3. The Hall–Kier alpha value is -3.18. The number of carbonyl (C=O) groups excluding carboxylic acids is 6. The van der Waals surface area contributed by atoms with Crippen LogP contribution in [0.25, 0.3) is 0 Å². The predicted octanol–water partition coefficient (Wildman–Crippen LogP) is 0.790. The normalized spacial score (nSPS) is 15.7. The van der Waals surface area contributed by atoms with Crippen LogP contribution in [0, 0.1) is 11.8 Å². The number of nitrogens with zero attached hydrogens (tertiary/aromatic N) is 1. The summed E-state index contributed by atoms with van der Waals surface area (Å²) in [6.07, 6.45) is -0.600. The summed E-state index contributed by atoms with van der Waals surface area (Å²) in [5, 5.41) is 7.87. The molecule has 2 atom stereocenters. The van der Waals surface area contributed by atoms with E-state index in [1.807, 2.05) is 13.8 Å². The molecular weight excluding hydrogens is 448 g/mol. The van der Waals surface area contributed by atoms with Crippen molar-refractivity contribution in [3.63, 3.8) is 0 Å². The Morgan fingerprint density at radius 3 is 1.97 bits per heavy atom. The van der Waals surface area contributed by atoms with Crippen LogP contribution < -0.4 is 16.0 Å². The van der Waals surface area contributed by atoms with Gasteiger partial charge >= 0.3 is 12.1 Å². The number of hydrogen-bond acceptors (Lipinski definition) is 8. The molecule has 192 valence electrons. The highest BCUT2D eigenvalue weighted by Crippen LogP contribution is 2.13. The Kier molecular flexibility index (Phi) is 10.5. The molecule has 0 bridgehead atoms. The number of ether oxygens (including phenoxy) is 1. The lowest BCUT2D eigenvalue weighted by Gasteiger charge is -2.27. The Morgan fingerprint density at radius 2 is 1.50 bits per heavy atom. The summed E-state index contributed by atoms with van der Waals surface area (Å²) < 4.78 is 5.21. The van der Waals surface area contributed by atoms with Gasteiger partial charge in [-0.3, -0.25) is 19.2 Å². The molecule has 0 saturated carbocycles. The molecule has 0 spiro atoms. The average Bonchev–Trinajstić information content (AvgIpc) is 2.99. The fourth-order valence-corrected chi connectivity index (χ4v) is 3.01. The highest BCUT2D eigenvalue weighted by molar-refractivity contribution is 6.01. The third-order valence-electron chi connectivity index (χ3n) is 4.57. The molecule has 12 nitrogen and oxygen atoms in total. The van der Waals surface area contributed by atoms with Crippen molar-refractivity contribution >= 4 is 35.7 Å². The van der Waals surface area contributed by atoms with Crippen LogP contribution in [0.5, 0.6) is 0 Å². The topological polar surface area (TPSA) is 160 Å². The molecule has 0 aromatic carbocycles. The van der Waals surface area contributed by atoms with E-state index in [9.17, 15) is 28.8 Å². The van der Waals surface area contributed by atoms with Gasteiger partial charge in [-0.05, 0) is 39.0 Å². The number of hydroxylamine groups is 2. The number of imide groups is 1. The molecule has 1 fully saturated rings. The molecular formula is C22H36N4O8. The SMILES string of the molecule is CC(C)C[C@H](NC(=O)[C@@H](NC(=O)OC(C)(C)C)C(C)C)C(=O)NCC(=O)ON1C(=O)CCC1=O. The number of amides is 5. The smallest absolute Gasteiger partial charge is 0.408 e. The summed E-state index contributed by atoms with van der Waals surface area (Å²) in [5.74, 6) is -3.80. The van der Waals surface area contributed by atoms with E-state index in [0.717, 1.165) is 0 Å². The van der Waals surface area contributed by atoms with Crippen LogP contribution in [-0.2, 0) is 33.5 Å². The van der Waals surface area contributed by atoms with Crippen molar-refractivity contribution in [3.05, 3.63) is 0 Å². The summed E-state index contributed by atoms with van der Waals surface area (Å²) in [6.45, 7) is 11.6. The van der Waals surface area contributed by atoms with E-state index in [0.29, 0.717) is 5.06 Å². The Morgan fingerprint density at radius 1 is 0.941 bits per heavy atom. The van der Waals surface area contributed by atoms with Gasteiger partial charge in [0.2, 0.25) is 11.8 Å². The molecule has 0 aliphatic carbocycles. The molecule has 12 heteroatoms. The third kappa shape index (κ3) is 9.75. The highest BCUT2D eigenvalue weighted by atomic mass is 16.7. The van der Waals surface area contributed by atoms with Crippen LogP contribution in [0.1, 0.15) is 67.7 Å². The molecule has 0 aromatic heterocycles. The van der Waals surface area contributed by atoms with Gasteiger partial charge in [0.1, 0.15) is 24.2 Å². The first kappa shape index (κ1) is 28.9. The molecule has 3 N–H and O–H groups in total. The lowest BCUT2D eigenvalue weighted by atomic mass is 10.00. The molecule has 0 radical (unpaired) electrons. The lowest BCUT2D eigenvalue weighted by Crippen LogP contribution is -2.56. The van der Waals surface area contributed by atoms with Crippen LogP contribution >= 0.6 is 0 Å². The average molecular weight is 485 g/mol. The zero-order valence-electron chi connectivity index (χ0n) is 20.9. The monoisotopic (exact) mass is 484 g/mol. The van der Waals surface area contributed by atoms with Gasteiger partial charge in [0, 0.05) is 12.8 Å². The van der Waals surface area contributed by atoms with Gasteiger partial charge in [-0.25, -0.2) is 9.59 Å². The second-order valence-electron chi connectivity index (χ2n) is 9.82. The number of hydrogen-bond donors (Lipinski definition) is 3. The van der Waals surface area contributed by atoms with Crippen molar-refractivity contribution in [3.8, 4) is 0 Å². The first-order valence-electron chi connectivity index (χ1n) is 11.2. The molecule has 0 unspecified atom stereocenters. The molecule has 1 rings (SSSR count). The standard InChI is InChI=1S/C22H36N4O8/c1-12(2)10-14(19(30)23-11-17(29)34-26-15(27)8-9-16(26)28)24-20(31)18(13(3)4)25-21(32)33-22(5,6)7/h12-14,18H,8-11H2,1-7H3,(H,23,30)(H,24,31)(H,25,32)/t14-,18-/m0/s1. The van der Waals surface area contributed by atoms with E-state index in [1.165, 1.54) is 0 Å². The van der Waals surface area contributed by atoms with Crippen molar-refractivity contribution in [2.24, 2.45) is 11.8 Å². The van der Waals surface area contributed by atoms with Gasteiger partial charge in [0.05, 0.1) is 0 Å². The summed E-state index contributed by atoms with van der Waals surface area (Å²) in [5.41, 5.74) is -0.749. The van der Waals surface area contributed by atoms with Crippen LogP contribution in [0.3, 0.4) is 0 Å². The maximum Gasteiger partial charge on any atom is 0.408 e. The number of nitrogens with one attached hydrogen (secondary N) is 3. The quantitative estimate of drug-likeness (QED) is 0.384. The zero-order valence-corrected chi connectivity index (χ0v) is 20.9. The number of alkyl carbamates (subject to hydrolysis) is 1. The van der Waals surface area contributed by atoms with Gasteiger partial charge in [0.25, 0.3) is 11.8 Å². The zero-order chi connectivity index (χ0) is 26.2. The van der Waals surface area contributed by atoms with Crippen LogP contribution in [0.15, 0.2) is 0 Å². The predicted molar refractivity (Wildman–Crippen MR) is 120 cm³/mol. The minimum atomic E-state index is -1.00. The fraction of sp³-hybridized carbons (Fsp3) is 0.727. The largest absolute Gasteiger partial charge is 0.444 e. The van der Waals surface area contributed by atoms with E-state index in [2.05, 4.69) is 16.0 Å². The number of carbonyl (C=O) groups is 6. The lowest BCUT2D eigenvalue weighted by molar-refractivity contribution is -0.196. The van der Waals surface area contributed by atoms with Crippen molar-refractivity contribution in [1.29, 1.82) is 0 Å². The van der Waals surface area contributed by atoms with Gasteiger partial charge in [0.15, 0.2) is 0 Å². The molecule has 1 heterocycles. The highest BCUT2D eigenvalue weighted by Gasteiger charge is 2.34. The minimum absolute atomic E-state index is 0.0131. The van der Waals surface area contributed by atoms with E-state index in [4.69, 9.17) is 9.57 Å². The van der Waals surface area contributed by atoms with Gasteiger partial charge < -0.3 is 25.5 Å². The van der Waals surface area contributed by atoms with E-state index < -0.39 is 59.9 Å². The van der Waals surface area contributed by atoms with Crippen molar-refractivity contribution in [2.75, 3.05) is 6.54 Å². The summed E-state index contributed by atoms with van der Waals surface area (Å²) in [6, 6.07) is -1.97. The van der Waals surface area contributed by atoms with E-state index in [-0.39, 0.29) is 31.1 Å². The van der Waals surface area contributed by atoms with Crippen LogP contribution in [0.2, 0.25) is 0 Å². The minimum Gasteiger partial charge on any atom is -0.444 e. The van der Waals surface area contributed by atoms with Gasteiger partial charge in [-0.2, -0.15) is 0 Å². The molecule has 34 heavy (non-hydrogen) atoms. The van der Waals surface area contributed by atoms with Crippen molar-refractivity contribution in [2.45, 2.75) is 85.4 Å². The van der Waals surface area contributed by atoms with Crippen LogP contribution in [0.4, 0.5) is 4.79 Å². The van der Waals surface area contributed by atoms with Gasteiger partial charge in [-0.1, -0.05) is 27.7 Å². The Labute approximate surface area is 199 Å². The summed E-state index contributed by atoms with van der Waals surface area (Å²) in [4.78, 5) is 77.5. The van der Waals surface area contributed by atoms with Gasteiger partial charge in [-0.15, -0.1) is 5.06 Å².